The molecule has 0 saturated carbocycles. The molecule has 1 aliphatic heterocycles. The fourth-order valence-corrected chi connectivity index (χ4v) is 6.91. The molecule has 2 heteroatoms. The quantitative estimate of drug-likeness (QED) is 0.564. The molecule has 3 aromatic carbocycles. The van der Waals surface area contributed by atoms with Gasteiger partial charge in [-0.15, -0.1) is 0 Å². The van der Waals surface area contributed by atoms with Crippen molar-refractivity contribution in [2.75, 3.05) is 0 Å². The zero-order valence-corrected chi connectivity index (χ0v) is 14.5. The fraction of sp³-hybridized carbons (Fsp3) is 0.100. The molecule has 0 fully saturated rings. The SMILES string of the molecule is C[Si]1(C)c2ccccc2-c2ccc(-c3ccccc3Cl)cc21. The first-order chi connectivity index (χ1) is 10.6. The van der Waals surface area contributed by atoms with Crippen LogP contribution in [0.4, 0.5) is 0 Å². The van der Waals surface area contributed by atoms with Crippen LogP contribution < -0.4 is 10.4 Å². The van der Waals surface area contributed by atoms with Crippen molar-refractivity contribution in [3.05, 3.63) is 71.8 Å². The van der Waals surface area contributed by atoms with Crippen molar-refractivity contribution >= 4 is 30.0 Å². The van der Waals surface area contributed by atoms with Crippen LogP contribution in [-0.2, 0) is 0 Å². The number of hydrogen-bond acceptors (Lipinski definition) is 0. The summed E-state index contributed by atoms with van der Waals surface area (Å²) in [5.74, 6) is 0. The van der Waals surface area contributed by atoms with Gasteiger partial charge in [0.15, 0.2) is 0 Å². The first-order valence-corrected chi connectivity index (χ1v) is 11.0. The van der Waals surface area contributed by atoms with Gasteiger partial charge in [-0.05, 0) is 33.1 Å². The Labute approximate surface area is 137 Å². The highest BCUT2D eigenvalue weighted by Gasteiger charge is 2.37. The third-order valence-corrected chi connectivity index (χ3v) is 8.64. The highest BCUT2D eigenvalue weighted by molar-refractivity contribution is 7.03. The molecule has 0 aliphatic carbocycles. The molecule has 22 heavy (non-hydrogen) atoms. The molecular weight excluding hydrogens is 304 g/mol. The fourth-order valence-electron chi connectivity index (χ4n) is 3.57. The van der Waals surface area contributed by atoms with Gasteiger partial charge in [0.1, 0.15) is 8.07 Å². The Morgan fingerprint density at radius 3 is 2.09 bits per heavy atom. The molecule has 4 rings (SSSR count). The summed E-state index contributed by atoms with van der Waals surface area (Å²) in [4.78, 5) is 0. The van der Waals surface area contributed by atoms with Crippen molar-refractivity contribution in [3.8, 4) is 22.3 Å². The Balaban J connectivity index is 1.95. The van der Waals surface area contributed by atoms with E-state index in [0.717, 1.165) is 10.6 Å². The van der Waals surface area contributed by atoms with Crippen LogP contribution in [0, 0.1) is 0 Å². The van der Waals surface area contributed by atoms with Gasteiger partial charge in [-0.2, -0.15) is 0 Å². The van der Waals surface area contributed by atoms with Gasteiger partial charge in [0.05, 0.1) is 0 Å². The van der Waals surface area contributed by atoms with E-state index in [9.17, 15) is 0 Å². The molecule has 1 heterocycles. The lowest BCUT2D eigenvalue weighted by Crippen LogP contribution is -2.49. The summed E-state index contributed by atoms with van der Waals surface area (Å²) in [5.41, 5.74) is 5.16. The van der Waals surface area contributed by atoms with Gasteiger partial charge in [0, 0.05) is 10.6 Å². The van der Waals surface area contributed by atoms with E-state index in [0.29, 0.717) is 0 Å². The Kier molecular flexibility index (Phi) is 3.03. The topological polar surface area (TPSA) is 0 Å². The summed E-state index contributed by atoms with van der Waals surface area (Å²) in [6.45, 7) is 4.88. The molecule has 1 aliphatic rings. The smallest absolute Gasteiger partial charge is 0.0837 e. The first kappa shape index (κ1) is 13.8. The molecule has 0 unspecified atom stereocenters. The lowest BCUT2D eigenvalue weighted by Gasteiger charge is -2.19. The molecule has 3 aromatic rings. The minimum Gasteiger partial charge on any atom is -0.0837 e. The lowest BCUT2D eigenvalue weighted by molar-refractivity contribution is 1.63. The molecule has 0 saturated heterocycles. The molecule has 0 atom stereocenters. The van der Waals surface area contributed by atoms with E-state index < -0.39 is 8.07 Å². The van der Waals surface area contributed by atoms with Gasteiger partial charge in [0.2, 0.25) is 0 Å². The Bertz CT molecular complexity index is 880. The number of fused-ring (bicyclic) bond motifs is 3. The number of benzene rings is 3. The predicted molar refractivity (Wildman–Crippen MR) is 99.1 cm³/mol. The van der Waals surface area contributed by atoms with Crippen LogP contribution in [-0.4, -0.2) is 8.07 Å². The maximum absolute atomic E-state index is 6.38. The van der Waals surface area contributed by atoms with Crippen LogP contribution >= 0.6 is 11.6 Å². The summed E-state index contributed by atoms with van der Waals surface area (Å²) in [7, 11) is -1.61. The molecule has 0 nitrogen and oxygen atoms in total. The summed E-state index contributed by atoms with van der Waals surface area (Å²) < 4.78 is 0. The average Bonchev–Trinajstić information content (AvgIpc) is 2.76. The second-order valence-corrected chi connectivity index (χ2v) is 11.1. The van der Waals surface area contributed by atoms with E-state index in [4.69, 9.17) is 11.6 Å². The predicted octanol–water partition coefficient (Wildman–Crippen LogP) is 4.81. The third kappa shape index (κ3) is 1.89. The van der Waals surface area contributed by atoms with Crippen LogP contribution in [0.1, 0.15) is 0 Å². The average molecular weight is 321 g/mol. The van der Waals surface area contributed by atoms with Crippen molar-refractivity contribution in [2.24, 2.45) is 0 Å². The van der Waals surface area contributed by atoms with E-state index in [1.54, 1.807) is 5.19 Å². The number of halogens is 1. The molecule has 0 radical (unpaired) electrons. The highest BCUT2D eigenvalue weighted by Crippen LogP contribution is 2.33. The Morgan fingerprint density at radius 2 is 1.32 bits per heavy atom. The molecule has 0 aromatic heterocycles. The third-order valence-electron chi connectivity index (χ3n) is 4.77. The molecule has 0 spiro atoms. The van der Waals surface area contributed by atoms with Crippen LogP contribution in [0.25, 0.3) is 22.3 Å². The van der Waals surface area contributed by atoms with E-state index in [2.05, 4.69) is 61.6 Å². The zero-order valence-electron chi connectivity index (χ0n) is 12.7. The van der Waals surface area contributed by atoms with Gasteiger partial charge < -0.3 is 0 Å². The van der Waals surface area contributed by atoms with E-state index >= 15 is 0 Å². The van der Waals surface area contributed by atoms with E-state index in [-0.39, 0.29) is 0 Å². The maximum atomic E-state index is 6.38. The van der Waals surface area contributed by atoms with Gasteiger partial charge in [-0.1, -0.05) is 85.4 Å². The summed E-state index contributed by atoms with van der Waals surface area (Å²) in [6, 6.07) is 23.8. The first-order valence-electron chi connectivity index (χ1n) is 7.58. The van der Waals surface area contributed by atoms with Crippen molar-refractivity contribution < 1.29 is 0 Å². The van der Waals surface area contributed by atoms with Gasteiger partial charge in [0.25, 0.3) is 0 Å². The normalized spacial score (nSPS) is 14.5. The van der Waals surface area contributed by atoms with E-state index in [1.165, 1.54) is 21.9 Å². The highest BCUT2D eigenvalue weighted by atomic mass is 35.5. The minimum atomic E-state index is -1.61. The maximum Gasteiger partial charge on any atom is 0.113 e. The van der Waals surface area contributed by atoms with Crippen molar-refractivity contribution in [2.45, 2.75) is 13.1 Å². The second-order valence-electron chi connectivity index (χ2n) is 6.41. The van der Waals surface area contributed by atoms with Gasteiger partial charge >= 0.3 is 0 Å². The molecule has 0 amide bonds. The van der Waals surface area contributed by atoms with Crippen LogP contribution in [0.15, 0.2) is 66.7 Å². The van der Waals surface area contributed by atoms with Crippen LogP contribution in [0.3, 0.4) is 0 Å². The Morgan fingerprint density at radius 1 is 0.682 bits per heavy atom. The lowest BCUT2D eigenvalue weighted by atomic mass is 10.0. The van der Waals surface area contributed by atoms with Crippen molar-refractivity contribution in [1.82, 2.24) is 0 Å². The van der Waals surface area contributed by atoms with Gasteiger partial charge in [-0.25, -0.2) is 0 Å². The summed E-state index contributed by atoms with van der Waals surface area (Å²) in [6.07, 6.45) is 0. The van der Waals surface area contributed by atoms with Crippen LogP contribution in [0.5, 0.6) is 0 Å². The molecule has 0 N–H and O–H groups in total. The summed E-state index contributed by atoms with van der Waals surface area (Å²) >= 11 is 6.38. The molecular formula is C20H17ClSi. The van der Waals surface area contributed by atoms with Gasteiger partial charge in [-0.3, -0.25) is 0 Å². The molecule has 108 valence electrons. The van der Waals surface area contributed by atoms with Crippen LogP contribution in [0.2, 0.25) is 18.1 Å². The standard InChI is InChI=1S/C20H17ClSi/c1-22(2)19-10-6-4-8-16(19)17-12-11-14(13-20(17)22)15-7-3-5-9-18(15)21/h3-13H,1-2H3. The largest absolute Gasteiger partial charge is 0.113 e. The second kappa shape index (κ2) is 4.84. The number of hydrogen-bond donors (Lipinski definition) is 0. The monoisotopic (exact) mass is 320 g/mol. The zero-order chi connectivity index (χ0) is 15.3. The van der Waals surface area contributed by atoms with E-state index in [1.807, 2.05) is 18.2 Å². The number of rotatable bonds is 1. The van der Waals surface area contributed by atoms with Crippen molar-refractivity contribution in [1.29, 1.82) is 0 Å². The molecule has 0 bridgehead atoms. The minimum absolute atomic E-state index is 0.817. The summed E-state index contributed by atoms with van der Waals surface area (Å²) in [5, 5.41) is 3.88. The Hall–Kier alpha value is -1.83. The van der Waals surface area contributed by atoms with Crippen molar-refractivity contribution in [3.63, 3.8) is 0 Å².